The lowest BCUT2D eigenvalue weighted by molar-refractivity contribution is 0.480. The standard InChI is InChI=1S/C17H21N3/c1-12(2)17-15-10-19(11-16(15)17)13-5-3-6-14(9-13)20-8-4-7-18-20/h3-9,12,15-17H,10-11H2,1-2H3. The lowest BCUT2D eigenvalue weighted by Gasteiger charge is -2.23. The van der Waals surface area contributed by atoms with E-state index in [2.05, 4.69) is 48.1 Å². The molecule has 3 nitrogen and oxygen atoms in total. The van der Waals surface area contributed by atoms with Crippen LogP contribution in [0.5, 0.6) is 0 Å². The van der Waals surface area contributed by atoms with Gasteiger partial charge >= 0.3 is 0 Å². The second-order valence-electron chi connectivity index (χ2n) is 6.52. The lowest BCUT2D eigenvalue weighted by atomic mass is 10.0. The molecule has 20 heavy (non-hydrogen) atoms. The van der Waals surface area contributed by atoms with Crippen molar-refractivity contribution in [2.24, 2.45) is 23.7 Å². The fourth-order valence-corrected chi connectivity index (χ4v) is 4.03. The van der Waals surface area contributed by atoms with Crippen LogP contribution in [0.15, 0.2) is 42.7 Å². The molecule has 0 radical (unpaired) electrons. The largest absolute Gasteiger partial charge is 0.371 e. The van der Waals surface area contributed by atoms with Gasteiger partial charge in [0.1, 0.15) is 0 Å². The molecule has 2 aromatic rings. The fourth-order valence-electron chi connectivity index (χ4n) is 4.03. The first kappa shape index (κ1) is 12.0. The van der Waals surface area contributed by atoms with E-state index in [9.17, 15) is 0 Å². The molecule has 0 amide bonds. The second-order valence-corrected chi connectivity index (χ2v) is 6.52. The zero-order chi connectivity index (χ0) is 13.7. The van der Waals surface area contributed by atoms with E-state index in [1.807, 2.05) is 23.1 Å². The first-order chi connectivity index (χ1) is 9.74. The lowest BCUT2D eigenvalue weighted by Crippen LogP contribution is -2.25. The molecule has 104 valence electrons. The maximum absolute atomic E-state index is 4.31. The first-order valence-electron chi connectivity index (χ1n) is 7.59. The molecule has 2 fully saturated rings. The summed E-state index contributed by atoms with van der Waals surface area (Å²) in [5, 5.41) is 4.31. The summed E-state index contributed by atoms with van der Waals surface area (Å²) in [4.78, 5) is 2.54. The third-order valence-electron chi connectivity index (χ3n) is 4.99. The van der Waals surface area contributed by atoms with Crippen LogP contribution in [0.25, 0.3) is 5.69 Å². The normalized spacial score (nSPS) is 27.9. The number of fused-ring (bicyclic) bond motifs is 1. The number of hydrogen-bond donors (Lipinski definition) is 0. The molecule has 1 aliphatic heterocycles. The van der Waals surface area contributed by atoms with Crippen molar-refractivity contribution >= 4 is 5.69 Å². The maximum atomic E-state index is 4.31. The van der Waals surface area contributed by atoms with Gasteiger partial charge < -0.3 is 4.90 Å². The van der Waals surface area contributed by atoms with Crippen molar-refractivity contribution < 1.29 is 0 Å². The van der Waals surface area contributed by atoms with Crippen molar-refractivity contribution in [2.75, 3.05) is 18.0 Å². The quantitative estimate of drug-likeness (QED) is 0.851. The van der Waals surface area contributed by atoms with E-state index in [-0.39, 0.29) is 0 Å². The average molecular weight is 267 g/mol. The van der Waals surface area contributed by atoms with E-state index in [0.29, 0.717) is 0 Å². The Morgan fingerprint density at radius 1 is 1.10 bits per heavy atom. The molecule has 1 saturated carbocycles. The van der Waals surface area contributed by atoms with Crippen LogP contribution in [-0.2, 0) is 0 Å². The molecule has 0 N–H and O–H groups in total. The van der Waals surface area contributed by atoms with Gasteiger partial charge in [0.25, 0.3) is 0 Å². The number of anilines is 1. The SMILES string of the molecule is CC(C)C1C2CN(c3cccc(-n4cccn4)c3)CC21. The van der Waals surface area contributed by atoms with Gasteiger partial charge in [-0.2, -0.15) is 5.10 Å². The molecular weight excluding hydrogens is 246 g/mol. The molecule has 3 heteroatoms. The topological polar surface area (TPSA) is 21.1 Å². The van der Waals surface area contributed by atoms with Gasteiger partial charge in [0.2, 0.25) is 0 Å². The van der Waals surface area contributed by atoms with E-state index in [0.717, 1.165) is 29.4 Å². The summed E-state index contributed by atoms with van der Waals surface area (Å²) in [6.45, 7) is 7.20. The minimum Gasteiger partial charge on any atom is -0.371 e. The summed E-state index contributed by atoms with van der Waals surface area (Å²) in [7, 11) is 0. The van der Waals surface area contributed by atoms with Gasteiger partial charge in [-0.05, 0) is 47.9 Å². The molecule has 0 bridgehead atoms. The van der Waals surface area contributed by atoms with Crippen molar-refractivity contribution in [1.29, 1.82) is 0 Å². The van der Waals surface area contributed by atoms with Crippen LogP contribution in [0, 0.1) is 23.7 Å². The summed E-state index contributed by atoms with van der Waals surface area (Å²) in [6, 6.07) is 10.7. The van der Waals surface area contributed by atoms with E-state index in [1.165, 1.54) is 18.8 Å². The summed E-state index contributed by atoms with van der Waals surface area (Å²) in [5.74, 6) is 3.69. The van der Waals surface area contributed by atoms with Crippen LogP contribution in [0.1, 0.15) is 13.8 Å². The predicted octanol–water partition coefficient (Wildman–Crippen LogP) is 3.21. The Morgan fingerprint density at radius 2 is 1.85 bits per heavy atom. The number of nitrogens with zero attached hydrogens (tertiary/aromatic N) is 3. The fraction of sp³-hybridized carbons (Fsp3) is 0.471. The van der Waals surface area contributed by atoms with Crippen LogP contribution in [0.2, 0.25) is 0 Å². The predicted molar refractivity (Wildman–Crippen MR) is 81.1 cm³/mol. The summed E-state index contributed by atoms with van der Waals surface area (Å²) in [5.41, 5.74) is 2.49. The van der Waals surface area contributed by atoms with Crippen LogP contribution in [0.3, 0.4) is 0 Å². The third kappa shape index (κ3) is 1.84. The Balaban J connectivity index is 1.53. The average Bonchev–Trinajstić information content (AvgIpc) is 2.90. The van der Waals surface area contributed by atoms with E-state index >= 15 is 0 Å². The monoisotopic (exact) mass is 267 g/mol. The first-order valence-corrected chi connectivity index (χ1v) is 7.59. The van der Waals surface area contributed by atoms with Gasteiger partial charge in [-0.3, -0.25) is 0 Å². The van der Waals surface area contributed by atoms with Crippen LogP contribution in [-0.4, -0.2) is 22.9 Å². The summed E-state index contributed by atoms with van der Waals surface area (Å²) < 4.78 is 1.93. The number of benzene rings is 1. The number of rotatable bonds is 3. The molecule has 0 spiro atoms. The number of hydrogen-bond acceptors (Lipinski definition) is 2. The minimum absolute atomic E-state index is 0.850. The van der Waals surface area contributed by atoms with Crippen molar-refractivity contribution in [3.05, 3.63) is 42.7 Å². The van der Waals surface area contributed by atoms with E-state index < -0.39 is 0 Å². The highest BCUT2D eigenvalue weighted by molar-refractivity contribution is 5.54. The second kappa shape index (κ2) is 4.37. The Morgan fingerprint density at radius 3 is 2.50 bits per heavy atom. The van der Waals surface area contributed by atoms with Gasteiger partial charge in [0, 0.05) is 31.2 Å². The highest BCUT2D eigenvalue weighted by Crippen LogP contribution is 2.56. The van der Waals surface area contributed by atoms with Crippen LogP contribution in [0.4, 0.5) is 5.69 Å². The Kier molecular flexibility index (Phi) is 2.62. The Labute approximate surface area is 120 Å². The molecule has 1 saturated heterocycles. The molecule has 2 aliphatic rings. The van der Waals surface area contributed by atoms with Gasteiger partial charge in [-0.15, -0.1) is 0 Å². The minimum atomic E-state index is 0.850. The molecule has 2 heterocycles. The highest BCUT2D eigenvalue weighted by atomic mass is 15.3. The van der Waals surface area contributed by atoms with Crippen LogP contribution >= 0.6 is 0 Å². The van der Waals surface area contributed by atoms with Gasteiger partial charge in [0.15, 0.2) is 0 Å². The molecule has 1 aliphatic carbocycles. The van der Waals surface area contributed by atoms with E-state index in [1.54, 1.807) is 0 Å². The smallest absolute Gasteiger partial charge is 0.0666 e. The number of aromatic nitrogens is 2. The molecule has 1 aromatic carbocycles. The van der Waals surface area contributed by atoms with Gasteiger partial charge in [-0.1, -0.05) is 19.9 Å². The maximum Gasteiger partial charge on any atom is 0.0666 e. The zero-order valence-corrected chi connectivity index (χ0v) is 12.1. The molecule has 4 rings (SSSR count). The van der Waals surface area contributed by atoms with Crippen molar-refractivity contribution in [3.8, 4) is 5.69 Å². The molecule has 1 aromatic heterocycles. The third-order valence-corrected chi connectivity index (χ3v) is 4.99. The molecule has 2 atom stereocenters. The van der Waals surface area contributed by atoms with Gasteiger partial charge in [-0.25, -0.2) is 4.68 Å². The summed E-state index contributed by atoms with van der Waals surface area (Å²) >= 11 is 0. The zero-order valence-electron chi connectivity index (χ0n) is 12.1. The Bertz CT molecular complexity index is 590. The highest BCUT2D eigenvalue weighted by Gasteiger charge is 2.56. The van der Waals surface area contributed by atoms with Crippen LogP contribution < -0.4 is 4.90 Å². The van der Waals surface area contributed by atoms with Crippen molar-refractivity contribution in [1.82, 2.24) is 9.78 Å². The van der Waals surface area contributed by atoms with Crippen molar-refractivity contribution in [2.45, 2.75) is 13.8 Å². The van der Waals surface area contributed by atoms with Crippen molar-refractivity contribution in [3.63, 3.8) is 0 Å². The summed E-state index contributed by atoms with van der Waals surface area (Å²) in [6.07, 6.45) is 3.82. The van der Waals surface area contributed by atoms with E-state index in [4.69, 9.17) is 0 Å². The van der Waals surface area contributed by atoms with Gasteiger partial charge in [0.05, 0.1) is 5.69 Å². The molecular formula is C17H21N3. The number of piperidine rings is 1. The Hall–Kier alpha value is -1.77. The molecule has 2 unspecified atom stereocenters.